The van der Waals surface area contributed by atoms with Crippen molar-refractivity contribution in [2.24, 2.45) is 0 Å². The van der Waals surface area contributed by atoms with Gasteiger partial charge in [-0.2, -0.15) is 4.98 Å². The number of carbonyl (C=O) groups is 2. The van der Waals surface area contributed by atoms with Crippen molar-refractivity contribution < 1.29 is 18.8 Å². The number of nitrogens with one attached hydrogen (secondary N) is 1. The fraction of sp³-hybridized carbons (Fsp3) is 0.600. The standard InChI is InChI=1S/C10H15N3O4/c1-3-16-10(15)5-4-8(14)11-6-9-12-7(2)13-17-9/h3-6H2,1-2H3,(H,11,14). The van der Waals surface area contributed by atoms with Gasteiger partial charge in [-0.3, -0.25) is 9.59 Å². The maximum atomic E-state index is 11.3. The zero-order chi connectivity index (χ0) is 12.7. The summed E-state index contributed by atoms with van der Waals surface area (Å²) < 4.78 is 9.51. The molecule has 1 amide bonds. The Morgan fingerprint density at radius 1 is 1.41 bits per heavy atom. The summed E-state index contributed by atoms with van der Waals surface area (Å²) in [5.41, 5.74) is 0. The third kappa shape index (κ3) is 5.10. The van der Waals surface area contributed by atoms with Crippen molar-refractivity contribution in [3.8, 4) is 0 Å². The highest BCUT2D eigenvalue weighted by Crippen LogP contribution is 1.97. The Kier molecular flexibility index (Phi) is 5.12. The van der Waals surface area contributed by atoms with Crippen LogP contribution < -0.4 is 5.32 Å². The molecular weight excluding hydrogens is 226 g/mol. The highest BCUT2D eigenvalue weighted by molar-refractivity contribution is 5.81. The number of nitrogens with zero attached hydrogens (tertiary/aromatic N) is 2. The minimum absolute atomic E-state index is 0.0720. The number of aryl methyl sites for hydroxylation is 1. The SMILES string of the molecule is CCOC(=O)CCC(=O)NCc1nc(C)no1. The fourth-order valence-electron chi connectivity index (χ4n) is 1.12. The molecule has 94 valence electrons. The Hall–Kier alpha value is -1.92. The van der Waals surface area contributed by atoms with E-state index in [-0.39, 0.29) is 31.3 Å². The molecule has 0 aliphatic carbocycles. The summed E-state index contributed by atoms with van der Waals surface area (Å²) in [5.74, 6) is 0.220. The van der Waals surface area contributed by atoms with Gasteiger partial charge in [-0.05, 0) is 13.8 Å². The first-order valence-electron chi connectivity index (χ1n) is 5.33. The number of hydrogen-bond donors (Lipinski definition) is 1. The summed E-state index contributed by atoms with van der Waals surface area (Å²) in [6.07, 6.45) is 0.161. The first kappa shape index (κ1) is 13.1. The first-order chi connectivity index (χ1) is 8.11. The molecule has 1 rings (SSSR count). The van der Waals surface area contributed by atoms with Gasteiger partial charge in [-0.15, -0.1) is 0 Å². The van der Waals surface area contributed by atoms with Gasteiger partial charge in [0.05, 0.1) is 19.6 Å². The molecule has 7 heteroatoms. The molecule has 1 heterocycles. The Balaban J connectivity index is 2.19. The lowest BCUT2D eigenvalue weighted by molar-refractivity contribution is -0.144. The van der Waals surface area contributed by atoms with E-state index in [9.17, 15) is 9.59 Å². The van der Waals surface area contributed by atoms with Crippen LogP contribution in [0.15, 0.2) is 4.52 Å². The van der Waals surface area contributed by atoms with Gasteiger partial charge in [0.1, 0.15) is 0 Å². The Morgan fingerprint density at radius 2 is 2.18 bits per heavy atom. The van der Waals surface area contributed by atoms with Crippen LogP contribution in [-0.4, -0.2) is 28.6 Å². The molecule has 0 bridgehead atoms. The molecule has 0 aliphatic rings. The predicted octanol–water partition coefficient (Wildman–Crippen LogP) is 0.338. The average Bonchev–Trinajstić information content (AvgIpc) is 2.70. The van der Waals surface area contributed by atoms with Crippen LogP contribution in [0.25, 0.3) is 0 Å². The molecule has 1 aromatic heterocycles. The lowest BCUT2D eigenvalue weighted by Gasteiger charge is -2.02. The molecule has 0 saturated carbocycles. The highest BCUT2D eigenvalue weighted by atomic mass is 16.5. The largest absolute Gasteiger partial charge is 0.466 e. The zero-order valence-corrected chi connectivity index (χ0v) is 9.86. The number of amides is 1. The minimum Gasteiger partial charge on any atom is -0.466 e. The van der Waals surface area contributed by atoms with Gasteiger partial charge >= 0.3 is 5.97 Å². The number of hydrogen-bond acceptors (Lipinski definition) is 6. The Bertz CT molecular complexity index is 389. The van der Waals surface area contributed by atoms with Crippen molar-refractivity contribution in [1.82, 2.24) is 15.5 Å². The Labute approximate surface area is 98.5 Å². The Morgan fingerprint density at radius 3 is 2.76 bits per heavy atom. The van der Waals surface area contributed by atoms with Crippen molar-refractivity contribution >= 4 is 11.9 Å². The van der Waals surface area contributed by atoms with Crippen molar-refractivity contribution in [1.29, 1.82) is 0 Å². The molecule has 0 atom stereocenters. The van der Waals surface area contributed by atoms with Crippen molar-refractivity contribution in [2.75, 3.05) is 6.61 Å². The number of esters is 1. The molecule has 1 aromatic rings. The smallest absolute Gasteiger partial charge is 0.306 e. The van der Waals surface area contributed by atoms with Gasteiger partial charge in [-0.1, -0.05) is 5.16 Å². The second-order valence-electron chi connectivity index (χ2n) is 3.32. The number of ether oxygens (including phenoxy) is 1. The van der Waals surface area contributed by atoms with Gasteiger partial charge in [0.15, 0.2) is 5.82 Å². The summed E-state index contributed by atoms with van der Waals surface area (Å²) in [6.45, 7) is 3.90. The highest BCUT2D eigenvalue weighted by Gasteiger charge is 2.09. The summed E-state index contributed by atoms with van der Waals surface area (Å²) in [6, 6.07) is 0. The maximum Gasteiger partial charge on any atom is 0.306 e. The summed E-state index contributed by atoms with van der Waals surface area (Å²) in [5, 5.41) is 6.15. The summed E-state index contributed by atoms with van der Waals surface area (Å²) in [7, 11) is 0. The molecular formula is C10H15N3O4. The molecule has 1 N–H and O–H groups in total. The first-order valence-corrected chi connectivity index (χ1v) is 5.33. The van der Waals surface area contributed by atoms with Crippen LogP contribution in [0, 0.1) is 6.92 Å². The van der Waals surface area contributed by atoms with Gasteiger partial charge in [0, 0.05) is 6.42 Å². The van der Waals surface area contributed by atoms with Crippen LogP contribution >= 0.6 is 0 Å². The van der Waals surface area contributed by atoms with Gasteiger partial charge in [0.2, 0.25) is 11.8 Å². The number of carbonyl (C=O) groups excluding carboxylic acids is 2. The van der Waals surface area contributed by atoms with E-state index in [2.05, 4.69) is 15.5 Å². The normalized spacial score (nSPS) is 10.0. The third-order valence-electron chi connectivity index (χ3n) is 1.87. The van der Waals surface area contributed by atoms with Crippen LogP contribution in [0.1, 0.15) is 31.5 Å². The third-order valence-corrected chi connectivity index (χ3v) is 1.87. The molecule has 0 fully saturated rings. The molecule has 0 radical (unpaired) electrons. The van der Waals surface area contributed by atoms with Gasteiger partial charge in [0.25, 0.3) is 0 Å². The lowest BCUT2D eigenvalue weighted by Crippen LogP contribution is -2.23. The van der Waals surface area contributed by atoms with Crippen molar-refractivity contribution in [3.05, 3.63) is 11.7 Å². The van der Waals surface area contributed by atoms with Gasteiger partial charge < -0.3 is 14.6 Å². The van der Waals surface area contributed by atoms with E-state index in [4.69, 9.17) is 9.26 Å². The van der Waals surface area contributed by atoms with Crippen LogP contribution in [0.5, 0.6) is 0 Å². The van der Waals surface area contributed by atoms with E-state index in [1.54, 1.807) is 13.8 Å². The zero-order valence-electron chi connectivity index (χ0n) is 9.86. The molecule has 0 saturated heterocycles. The molecule has 7 nitrogen and oxygen atoms in total. The van der Waals surface area contributed by atoms with Gasteiger partial charge in [-0.25, -0.2) is 0 Å². The fourth-order valence-corrected chi connectivity index (χ4v) is 1.12. The van der Waals surface area contributed by atoms with Crippen LogP contribution in [-0.2, 0) is 20.9 Å². The molecule has 0 spiro atoms. The average molecular weight is 241 g/mol. The summed E-state index contributed by atoms with van der Waals surface area (Å²) >= 11 is 0. The van der Waals surface area contributed by atoms with Crippen LogP contribution in [0.4, 0.5) is 0 Å². The van der Waals surface area contributed by atoms with Crippen molar-refractivity contribution in [3.63, 3.8) is 0 Å². The van der Waals surface area contributed by atoms with E-state index in [0.29, 0.717) is 18.3 Å². The quantitative estimate of drug-likeness (QED) is 0.721. The van der Waals surface area contributed by atoms with E-state index in [0.717, 1.165) is 0 Å². The predicted molar refractivity (Wildman–Crippen MR) is 56.7 cm³/mol. The second kappa shape index (κ2) is 6.62. The molecule has 0 aromatic carbocycles. The van der Waals surface area contributed by atoms with E-state index in [1.165, 1.54) is 0 Å². The molecule has 17 heavy (non-hydrogen) atoms. The lowest BCUT2D eigenvalue weighted by atomic mass is 10.3. The minimum atomic E-state index is -0.378. The molecule has 0 unspecified atom stereocenters. The van der Waals surface area contributed by atoms with Crippen LogP contribution in [0.2, 0.25) is 0 Å². The topological polar surface area (TPSA) is 94.3 Å². The number of aromatic nitrogens is 2. The summed E-state index contributed by atoms with van der Waals surface area (Å²) in [4.78, 5) is 26.2. The monoisotopic (exact) mass is 241 g/mol. The number of rotatable bonds is 6. The molecule has 0 aliphatic heterocycles. The van der Waals surface area contributed by atoms with E-state index < -0.39 is 0 Å². The van der Waals surface area contributed by atoms with Crippen molar-refractivity contribution in [2.45, 2.75) is 33.2 Å². The van der Waals surface area contributed by atoms with E-state index in [1.807, 2.05) is 0 Å². The maximum absolute atomic E-state index is 11.3. The van der Waals surface area contributed by atoms with E-state index >= 15 is 0 Å². The second-order valence-corrected chi connectivity index (χ2v) is 3.32. The van der Waals surface area contributed by atoms with Crippen LogP contribution in [0.3, 0.4) is 0 Å².